The molecule has 1 saturated carbocycles. The summed E-state index contributed by atoms with van der Waals surface area (Å²) in [6, 6.07) is 1.07. The van der Waals surface area contributed by atoms with Crippen molar-refractivity contribution in [3.63, 3.8) is 0 Å². The van der Waals surface area contributed by atoms with E-state index in [4.69, 9.17) is 0 Å². The van der Waals surface area contributed by atoms with Crippen LogP contribution in [0, 0.1) is 5.92 Å². The first-order chi connectivity index (χ1) is 9.01. The molecule has 1 N–H and O–H groups in total. The predicted octanol–water partition coefficient (Wildman–Crippen LogP) is 1.97. The van der Waals surface area contributed by atoms with Gasteiger partial charge in [0.2, 0.25) is 10.0 Å². The monoisotopic (exact) mass is 288 g/mol. The van der Waals surface area contributed by atoms with Crippen LogP contribution in [0.4, 0.5) is 0 Å². The molecule has 1 aliphatic carbocycles. The second-order valence-corrected chi connectivity index (χ2v) is 8.43. The summed E-state index contributed by atoms with van der Waals surface area (Å²) in [4.78, 5) is 0. The van der Waals surface area contributed by atoms with E-state index >= 15 is 0 Å². The fourth-order valence-corrected chi connectivity index (χ4v) is 4.31. The summed E-state index contributed by atoms with van der Waals surface area (Å²) in [7, 11) is -2.98. The average Bonchev–Trinajstić information content (AvgIpc) is 2.35. The molecule has 5 heteroatoms. The number of hydrogen-bond donors (Lipinski definition) is 1. The summed E-state index contributed by atoms with van der Waals surface area (Å²) in [5.41, 5.74) is 0. The van der Waals surface area contributed by atoms with Gasteiger partial charge < -0.3 is 5.32 Å². The van der Waals surface area contributed by atoms with Crippen molar-refractivity contribution in [2.45, 2.75) is 64.5 Å². The zero-order valence-corrected chi connectivity index (χ0v) is 13.1. The van der Waals surface area contributed by atoms with Gasteiger partial charge >= 0.3 is 0 Å². The number of rotatable bonds is 6. The first-order valence-corrected chi connectivity index (χ1v) is 9.36. The lowest BCUT2D eigenvalue weighted by Crippen LogP contribution is -2.47. The second kappa shape index (κ2) is 6.55. The molecule has 0 radical (unpaired) electrons. The second-order valence-electron chi connectivity index (χ2n) is 6.17. The predicted molar refractivity (Wildman–Crippen MR) is 78.6 cm³/mol. The molecule has 0 aromatic rings. The summed E-state index contributed by atoms with van der Waals surface area (Å²) < 4.78 is 25.2. The molecule has 2 rings (SSSR count). The third-order valence-corrected chi connectivity index (χ3v) is 6.53. The maximum Gasteiger partial charge on any atom is 0.213 e. The van der Waals surface area contributed by atoms with E-state index in [-0.39, 0.29) is 5.75 Å². The number of piperidine rings is 1. The zero-order chi connectivity index (χ0) is 13.9. The molecule has 0 aromatic heterocycles. The van der Waals surface area contributed by atoms with Crippen LogP contribution in [-0.4, -0.2) is 43.6 Å². The minimum Gasteiger partial charge on any atom is -0.311 e. The van der Waals surface area contributed by atoms with Crippen LogP contribution >= 0.6 is 0 Å². The van der Waals surface area contributed by atoms with Gasteiger partial charge in [0.05, 0.1) is 5.75 Å². The quantitative estimate of drug-likeness (QED) is 0.813. The maximum atomic E-state index is 11.8. The topological polar surface area (TPSA) is 49.4 Å². The van der Waals surface area contributed by atoms with Crippen molar-refractivity contribution in [2.75, 3.05) is 18.8 Å². The van der Waals surface area contributed by atoms with Crippen LogP contribution in [0.2, 0.25) is 0 Å². The number of nitrogens with zero attached hydrogens (tertiary/aromatic N) is 1. The maximum absolute atomic E-state index is 11.8. The smallest absolute Gasteiger partial charge is 0.213 e. The molecule has 112 valence electrons. The largest absolute Gasteiger partial charge is 0.311 e. The first kappa shape index (κ1) is 15.3. The van der Waals surface area contributed by atoms with Crippen molar-refractivity contribution in [3.05, 3.63) is 0 Å². The molecule has 0 amide bonds. The fraction of sp³-hybridized carbons (Fsp3) is 1.00. The van der Waals surface area contributed by atoms with Crippen LogP contribution in [0.15, 0.2) is 0 Å². The third-order valence-electron chi connectivity index (χ3n) is 4.64. The molecule has 0 spiro atoms. The Morgan fingerprint density at radius 3 is 2.32 bits per heavy atom. The number of nitrogens with one attached hydrogen (secondary N) is 1. The molecule has 1 aliphatic heterocycles. The van der Waals surface area contributed by atoms with E-state index in [1.165, 1.54) is 25.7 Å². The van der Waals surface area contributed by atoms with E-state index in [0.29, 0.717) is 25.2 Å². The summed E-state index contributed by atoms with van der Waals surface area (Å²) in [6.45, 7) is 5.36. The zero-order valence-electron chi connectivity index (χ0n) is 12.3. The highest BCUT2D eigenvalue weighted by atomic mass is 32.2. The van der Waals surface area contributed by atoms with Gasteiger partial charge in [0, 0.05) is 25.2 Å². The Labute approximate surface area is 118 Å². The molecule has 4 nitrogen and oxygen atoms in total. The van der Waals surface area contributed by atoms with Crippen LogP contribution in [0.3, 0.4) is 0 Å². The van der Waals surface area contributed by atoms with Crippen LogP contribution in [0.1, 0.15) is 52.4 Å². The van der Waals surface area contributed by atoms with Crippen molar-refractivity contribution in [1.82, 2.24) is 9.62 Å². The standard InChI is InChI=1S/C14H28N2O2S/c1-3-19(17,18)16-9-7-14(8-10-16)15-12(2)11-13-5-4-6-13/h12-15H,3-11H2,1-2H3. The number of hydrogen-bond acceptors (Lipinski definition) is 3. The van der Waals surface area contributed by atoms with Crippen LogP contribution in [0.5, 0.6) is 0 Å². The van der Waals surface area contributed by atoms with E-state index in [0.717, 1.165) is 18.8 Å². The molecule has 0 bridgehead atoms. The molecule has 1 saturated heterocycles. The van der Waals surface area contributed by atoms with Gasteiger partial charge in [0.1, 0.15) is 0 Å². The third kappa shape index (κ3) is 4.17. The Kier molecular flexibility index (Phi) is 5.26. The van der Waals surface area contributed by atoms with Gasteiger partial charge in [-0.3, -0.25) is 0 Å². The molecular formula is C14H28N2O2S. The molecule has 0 aromatic carbocycles. The normalized spacial score (nSPS) is 25.2. The average molecular weight is 288 g/mol. The van der Waals surface area contributed by atoms with Crippen LogP contribution in [0.25, 0.3) is 0 Å². The molecule has 2 aliphatic rings. The summed E-state index contributed by atoms with van der Waals surface area (Å²) >= 11 is 0. The summed E-state index contributed by atoms with van der Waals surface area (Å²) in [6.07, 6.45) is 7.40. The molecule has 19 heavy (non-hydrogen) atoms. The van der Waals surface area contributed by atoms with Gasteiger partial charge in [0.15, 0.2) is 0 Å². The van der Waals surface area contributed by atoms with Gasteiger partial charge in [-0.05, 0) is 39.0 Å². The molecule has 2 fully saturated rings. The summed E-state index contributed by atoms with van der Waals surface area (Å²) in [5.74, 6) is 1.16. The lowest BCUT2D eigenvalue weighted by molar-refractivity contribution is 0.232. The molecular weight excluding hydrogens is 260 g/mol. The van der Waals surface area contributed by atoms with Crippen LogP contribution in [-0.2, 0) is 10.0 Å². The van der Waals surface area contributed by atoms with Crippen molar-refractivity contribution >= 4 is 10.0 Å². The SMILES string of the molecule is CCS(=O)(=O)N1CCC(NC(C)CC2CCC2)CC1. The minimum atomic E-state index is -2.98. The molecule has 1 atom stereocenters. The highest BCUT2D eigenvalue weighted by Crippen LogP contribution is 2.30. The Morgan fingerprint density at radius 2 is 1.84 bits per heavy atom. The van der Waals surface area contributed by atoms with Crippen molar-refractivity contribution in [2.24, 2.45) is 5.92 Å². The van der Waals surface area contributed by atoms with Crippen molar-refractivity contribution in [3.8, 4) is 0 Å². The molecule has 1 heterocycles. The van der Waals surface area contributed by atoms with Crippen molar-refractivity contribution in [1.29, 1.82) is 0 Å². The lowest BCUT2D eigenvalue weighted by atomic mass is 9.81. The highest BCUT2D eigenvalue weighted by molar-refractivity contribution is 7.89. The van der Waals surface area contributed by atoms with Gasteiger partial charge in [-0.2, -0.15) is 0 Å². The van der Waals surface area contributed by atoms with E-state index in [1.54, 1.807) is 11.2 Å². The van der Waals surface area contributed by atoms with E-state index in [9.17, 15) is 8.42 Å². The van der Waals surface area contributed by atoms with Gasteiger partial charge in [-0.1, -0.05) is 19.3 Å². The first-order valence-electron chi connectivity index (χ1n) is 7.75. The fourth-order valence-electron chi connectivity index (χ4n) is 3.18. The lowest BCUT2D eigenvalue weighted by Gasteiger charge is -2.35. The van der Waals surface area contributed by atoms with Gasteiger partial charge in [-0.15, -0.1) is 0 Å². The summed E-state index contributed by atoms with van der Waals surface area (Å²) in [5, 5.41) is 3.69. The Balaban J connectivity index is 1.70. The Morgan fingerprint density at radius 1 is 1.21 bits per heavy atom. The number of sulfonamides is 1. The van der Waals surface area contributed by atoms with Gasteiger partial charge in [-0.25, -0.2) is 12.7 Å². The van der Waals surface area contributed by atoms with Gasteiger partial charge in [0.25, 0.3) is 0 Å². The van der Waals surface area contributed by atoms with E-state index in [2.05, 4.69) is 12.2 Å². The minimum absolute atomic E-state index is 0.225. The van der Waals surface area contributed by atoms with Crippen molar-refractivity contribution < 1.29 is 8.42 Å². The Hall–Kier alpha value is -0.130. The Bertz CT molecular complexity index is 371. The molecule has 1 unspecified atom stereocenters. The highest BCUT2D eigenvalue weighted by Gasteiger charge is 2.28. The van der Waals surface area contributed by atoms with E-state index < -0.39 is 10.0 Å². The van der Waals surface area contributed by atoms with E-state index in [1.807, 2.05) is 0 Å². The van der Waals surface area contributed by atoms with Crippen LogP contribution < -0.4 is 5.32 Å².